The molecule has 1 heterocycles. The van der Waals surface area contributed by atoms with Crippen molar-refractivity contribution in [3.05, 3.63) is 23.8 Å². The predicted octanol–water partition coefficient (Wildman–Crippen LogP) is 0.945. The summed E-state index contributed by atoms with van der Waals surface area (Å²) in [6.07, 6.45) is -1.53. The number of benzene rings is 1. The van der Waals surface area contributed by atoms with Gasteiger partial charge in [0.25, 0.3) is 0 Å². The fourth-order valence-electron chi connectivity index (χ4n) is 3.13. The van der Waals surface area contributed by atoms with E-state index in [1.807, 2.05) is 39.2 Å². The smallest absolute Gasteiger partial charge is 0.161 e. The molecule has 0 amide bonds. The van der Waals surface area contributed by atoms with Gasteiger partial charge in [-0.05, 0) is 25.1 Å². The molecular formula is C15H24NO4+. The summed E-state index contributed by atoms with van der Waals surface area (Å²) in [7, 11) is 7.22. The average molecular weight is 282 g/mol. The lowest BCUT2D eigenvalue weighted by Crippen LogP contribution is -2.46. The Bertz CT molecular complexity index is 489. The maximum Gasteiger partial charge on any atom is 0.161 e. The van der Waals surface area contributed by atoms with E-state index >= 15 is 0 Å². The molecule has 2 rings (SSSR count). The number of likely N-dealkylation sites (tertiary alicyclic amines) is 1. The Balaban J connectivity index is 2.45. The van der Waals surface area contributed by atoms with Crippen LogP contribution in [0.25, 0.3) is 0 Å². The SMILES string of the molecule is COc1ccc(C2[C@@H](O)[C@H](O)C(C)[N+]2(C)C)cc1OC. The molecule has 1 aromatic carbocycles. The first kappa shape index (κ1) is 15.1. The third-order valence-corrected chi connectivity index (χ3v) is 4.68. The van der Waals surface area contributed by atoms with Gasteiger partial charge in [-0.15, -0.1) is 0 Å². The second-order valence-electron chi connectivity index (χ2n) is 5.91. The number of ether oxygens (including phenoxy) is 2. The van der Waals surface area contributed by atoms with Crippen molar-refractivity contribution < 1.29 is 24.2 Å². The number of hydrogen-bond donors (Lipinski definition) is 2. The Kier molecular flexibility index (Phi) is 3.95. The third-order valence-electron chi connectivity index (χ3n) is 4.68. The largest absolute Gasteiger partial charge is 0.493 e. The van der Waals surface area contributed by atoms with E-state index in [1.165, 1.54) is 0 Å². The second-order valence-corrected chi connectivity index (χ2v) is 5.91. The normalized spacial score (nSPS) is 32.1. The summed E-state index contributed by atoms with van der Waals surface area (Å²) in [5.74, 6) is 1.29. The highest BCUT2D eigenvalue weighted by Crippen LogP contribution is 2.42. The maximum absolute atomic E-state index is 10.4. The van der Waals surface area contributed by atoms with Crippen molar-refractivity contribution in [2.24, 2.45) is 0 Å². The minimum absolute atomic E-state index is 0.0388. The van der Waals surface area contributed by atoms with Crippen molar-refractivity contribution in [2.75, 3.05) is 28.3 Å². The first-order valence-corrected chi connectivity index (χ1v) is 6.76. The molecular weight excluding hydrogens is 258 g/mol. The summed E-state index contributed by atoms with van der Waals surface area (Å²) in [5, 5.41) is 20.5. The molecule has 1 aliphatic heterocycles. The minimum Gasteiger partial charge on any atom is -0.493 e. The average Bonchev–Trinajstić information content (AvgIpc) is 2.58. The van der Waals surface area contributed by atoms with Crippen LogP contribution in [0.5, 0.6) is 11.5 Å². The van der Waals surface area contributed by atoms with Crippen LogP contribution in [0.15, 0.2) is 18.2 Å². The molecule has 112 valence electrons. The summed E-state index contributed by atoms with van der Waals surface area (Å²) >= 11 is 0. The number of methoxy groups -OCH3 is 2. The maximum atomic E-state index is 10.4. The highest BCUT2D eigenvalue weighted by atomic mass is 16.5. The van der Waals surface area contributed by atoms with E-state index in [-0.39, 0.29) is 12.1 Å². The lowest BCUT2D eigenvalue weighted by atomic mass is 10.00. The molecule has 0 radical (unpaired) electrons. The molecule has 2 N–H and O–H groups in total. The topological polar surface area (TPSA) is 58.9 Å². The zero-order valence-corrected chi connectivity index (χ0v) is 12.7. The zero-order valence-electron chi connectivity index (χ0n) is 12.7. The molecule has 0 saturated carbocycles. The van der Waals surface area contributed by atoms with E-state index in [2.05, 4.69) is 0 Å². The number of aliphatic hydroxyl groups is 2. The van der Waals surface area contributed by atoms with Crippen molar-refractivity contribution >= 4 is 0 Å². The number of nitrogens with zero attached hydrogens (tertiary/aromatic N) is 1. The molecule has 1 fully saturated rings. The predicted molar refractivity (Wildman–Crippen MR) is 75.9 cm³/mol. The van der Waals surface area contributed by atoms with Crippen LogP contribution in [0, 0.1) is 0 Å². The Morgan fingerprint density at radius 2 is 1.60 bits per heavy atom. The van der Waals surface area contributed by atoms with Crippen LogP contribution >= 0.6 is 0 Å². The summed E-state index contributed by atoms with van der Waals surface area (Å²) in [6.45, 7) is 1.95. The molecule has 1 saturated heterocycles. The van der Waals surface area contributed by atoms with Crippen LogP contribution in [0.4, 0.5) is 0 Å². The number of likely N-dealkylation sites (N-methyl/N-ethyl adjacent to an activating group) is 1. The molecule has 0 aromatic heterocycles. The molecule has 5 heteroatoms. The van der Waals surface area contributed by atoms with Gasteiger partial charge in [-0.25, -0.2) is 0 Å². The molecule has 0 spiro atoms. The van der Waals surface area contributed by atoms with Crippen molar-refractivity contribution in [3.8, 4) is 11.5 Å². The van der Waals surface area contributed by atoms with E-state index in [9.17, 15) is 10.2 Å². The first-order chi connectivity index (χ1) is 9.34. The minimum atomic E-state index is -0.793. The van der Waals surface area contributed by atoms with E-state index < -0.39 is 12.2 Å². The third kappa shape index (κ3) is 2.16. The molecule has 2 unspecified atom stereocenters. The fraction of sp³-hybridized carbons (Fsp3) is 0.600. The standard InChI is InChI=1S/C15H24NO4/c1-9-14(17)15(18)13(16(9,2)3)10-6-7-11(19-4)12(8-10)20-5/h6-9,13-15,17-18H,1-5H3/q+1/t9?,13?,14-,15-/m1/s1. The van der Waals surface area contributed by atoms with Gasteiger partial charge < -0.3 is 24.2 Å². The second kappa shape index (κ2) is 5.24. The van der Waals surface area contributed by atoms with Crippen LogP contribution in [0.2, 0.25) is 0 Å². The van der Waals surface area contributed by atoms with Crippen molar-refractivity contribution in [3.63, 3.8) is 0 Å². The van der Waals surface area contributed by atoms with Crippen LogP contribution < -0.4 is 9.47 Å². The van der Waals surface area contributed by atoms with Gasteiger partial charge in [0.15, 0.2) is 11.5 Å². The summed E-state index contributed by atoms with van der Waals surface area (Å²) in [5.41, 5.74) is 0.934. The summed E-state index contributed by atoms with van der Waals surface area (Å²) in [6, 6.07) is 5.39. The highest BCUT2D eigenvalue weighted by Gasteiger charge is 2.54. The summed E-state index contributed by atoms with van der Waals surface area (Å²) in [4.78, 5) is 0. The number of hydrogen-bond acceptors (Lipinski definition) is 4. The van der Waals surface area contributed by atoms with Crippen molar-refractivity contribution in [2.45, 2.75) is 31.2 Å². The first-order valence-electron chi connectivity index (χ1n) is 6.76. The van der Waals surface area contributed by atoms with E-state index in [0.29, 0.717) is 16.0 Å². The van der Waals surface area contributed by atoms with Crippen LogP contribution in [-0.2, 0) is 0 Å². The molecule has 1 aromatic rings. The molecule has 1 aliphatic rings. The van der Waals surface area contributed by atoms with Crippen LogP contribution in [-0.4, -0.2) is 61.3 Å². The molecule has 20 heavy (non-hydrogen) atoms. The Hall–Kier alpha value is -1.30. The van der Waals surface area contributed by atoms with Crippen LogP contribution in [0.3, 0.4) is 0 Å². The van der Waals surface area contributed by atoms with Gasteiger partial charge >= 0.3 is 0 Å². The number of quaternary nitrogens is 1. The van der Waals surface area contributed by atoms with Crippen molar-refractivity contribution in [1.82, 2.24) is 0 Å². The lowest BCUT2D eigenvalue weighted by Gasteiger charge is -2.36. The van der Waals surface area contributed by atoms with Gasteiger partial charge in [0.05, 0.1) is 28.3 Å². The highest BCUT2D eigenvalue weighted by molar-refractivity contribution is 5.44. The number of aliphatic hydroxyl groups excluding tert-OH is 2. The lowest BCUT2D eigenvalue weighted by molar-refractivity contribution is -0.931. The van der Waals surface area contributed by atoms with Gasteiger partial charge in [0, 0.05) is 5.56 Å². The van der Waals surface area contributed by atoms with Gasteiger partial charge in [-0.1, -0.05) is 0 Å². The zero-order chi connectivity index (χ0) is 15.1. The van der Waals surface area contributed by atoms with Crippen LogP contribution in [0.1, 0.15) is 18.5 Å². The quantitative estimate of drug-likeness (QED) is 0.810. The van der Waals surface area contributed by atoms with E-state index in [1.54, 1.807) is 14.2 Å². The fourth-order valence-corrected chi connectivity index (χ4v) is 3.13. The number of rotatable bonds is 3. The molecule has 4 atom stereocenters. The Morgan fingerprint density at radius 1 is 1.00 bits per heavy atom. The van der Waals surface area contributed by atoms with Gasteiger partial charge in [0.2, 0.25) is 0 Å². The molecule has 5 nitrogen and oxygen atoms in total. The van der Waals surface area contributed by atoms with Gasteiger partial charge in [0.1, 0.15) is 24.3 Å². The van der Waals surface area contributed by atoms with Gasteiger partial charge in [-0.2, -0.15) is 0 Å². The van der Waals surface area contributed by atoms with Gasteiger partial charge in [-0.3, -0.25) is 0 Å². The van der Waals surface area contributed by atoms with Crippen molar-refractivity contribution in [1.29, 1.82) is 0 Å². The molecule has 0 bridgehead atoms. The Morgan fingerprint density at radius 3 is 2.05 bits per heavy atom. The Labute approximate surface area is 119 Å². The molecule has 0 aliphatic carbocycles. The monoisotopic (exact) mass is 282 g/mol. The summed E-state index contributed by atoms with van der Waals surface area (Å²) < 4.78 is 11.1. The van der Waals surface area contributed by atoms with E-state index in [0.717, 1.165) is 5.56 Å². The van der Waals surface area contributed by atoms with E-state index in [4.69, 9.17) is 9.47 Å².